The van der Waals surface area contributed by atoms with Crippen molar-refractivity contribution in [2.75, 3.05) is 51.3 Å². The van der Waals surface area contributed by atoms with E-state index >= 15 is 0 Å². The van der Waals surface area contributed by atoms with Crippen molar-refractivity contribution in [2.24, 2.45) is 0 Å². The number of hydrogen-bond acceptors (Lipinski definition) is 4. The summed E-state index contributed by atoms with van der Waals surface area (Å²) >= 11 is 0. The van der Waals surface area contributed by atoms with E-state index in [9.17, 15) is 0 Å². The molecule has 1 aliphatic heterocycles. The number of nitrogens with zero attached hydrogens (tertiary/aromatic N) is 2. The average Bonchev–Trinajstić information content (AvgIpc) is 2.34. The first-order chi connectivity index (χ1) is 8.56. The number of nitrogens with one attached hydrogen (secondary N) is 1. The molecule has 100 valence electrons. The molecule has 1 aliphatic rings. The maximum Gasteiger partial charge on any atom is 0.0393 e. The second-order valence-corrected chi connectivity index (χ2v) is 5.35. The Kier molecular flexibility index (Phi) is 4.09. The molecular weight excluding hydrogens is 224 g/mol. The van der Waals surface area contributed by atoms with Gasteiger partial charge in [-0.05, 0) is 38.7 Å². The molecule has 1 fully saturated rings. The first-order valence-electron chi connectivity index (χ1n) is 6.55. The van der Waals surface area contributed by atoms with E-state index in [4.69, 9.17) is 5.73 Å². The van der Waals surface area contributed by atoms with E-state index < -0.39 is 0 Å². The van der Waals surface area contributed by atoms with Gasteiger partial charge in [-0.15, -0.1) is 0 Å². The molecule has 3 N–H and O–H groups in total. The zero-order valence-corrected chi connectivity index (χ0v) is 11.6. The van der Waals surface area contributed by atoms with Gasteiger partial charge in [0.2, 0.25) is 0 Å². The predicted octanol–water partition coefficient (Wildman–Crippen LogP) is 1.23. The predicted molar refractivity (Wildman–Crippen MR) is 78.0 cm³/mol. The fourth-order valence-electron chi connectivity index (χ4n) is 2.31. The van der Waals surface area contributed by atoms with E-state index in [0.717, 1.165) is 43.1 Å². The topological polar surface area (TPSA) is 44.5 Å². The molecule has 18 heavy (non-hydrogen) atoms. The highest BCUT2D eigenvalue weighted by atomic mass is 15.3. The monoisotopic (exact) mass is 248 g/mol. The zero-order valence-electron chi connectivity index (χ0n) is 11.6. The van der Waals surface area contributed by atoms with Crippen LogP contribution in [0.5, 0.6) is 0 Å². The van der Waals surface area contributed by atoms with Crippen LogP contribution in [0, 0.1) is 6.92 Å². The van der Waals surface area contributed by atoms with Gasteiger partial charge in [0.25, 0.3) is 0 Å². The third-order valence-corrected chi connectivity index (χ3v) is 3.80. The molecule has 0 radical (unpaired) electrons. The Morgan fingerprint density at radius 2 is 2.11 bits per heavy atom. The molecule has 1 aromatic rings. The van der Waals surface area contributed by atoms with Crippen molar-refractivity contribution in [3.63, 3.8) is 0 Å². The van der Waals surface area contributed by atoms with Crippen LogP contribution in [-0.2, 0) is 0 Å². The molecule has 0 amide bonds. The molecule has 1 heterocycles. The maximum atomic E-state index is 5.92. The number of nitrogen functional groups attached to an aromatic ring is 1. The summed E-state index contributed by atoms with van der Waals surface area (Å²) < 4.78 is 0. The standard InChI is InChI=1S/C14H24N4/c1-11-4-5-12(8-14(11)15)16-9-13-10-17(2)6-7-18(13)3/h4-5,8,13,16H,6-7,9-10,15H2,1-3H3. The number of hydrogen-bond donors (Lipinski definition) is 2. The summed E-state index contributed by atoms with van der Waals surface area (Å²) in [5.74, 6) is 0. The minimum Gasteiger partial charge on any atom is -0.398 e. The Balaban J connectivity index is 1.92. The van der Waals surface area contributed by atoms with Crippen LogP contribution < -0.4 is 11.1 Å². The molecule has 2 rings (SSSR count). The van der Waals surface area contributed by atoms with E-state index in [1.165, 1.54) is 0 Å². The molecule has 1 saturated heterocycles. The van der Waals surface area contributed by atoms with Crippen molar-refractivity contribution in [3.8, 4) is 0 Å². The minimum absolute atomic E-state index is 0.561. The molecule has 1 atom stereocenters. The Morgan fingerprint density at radius 1 is 1.33 bits per heavy atom. The van der Waals surface area contributed by atoms with Gasteiger partial charge in [-0.1, -0.05) is 6.07 Å². The van der Waals surface area contributed by atoms with Crippen molar-refractivity contribution in [1.29, 1.82) is 0 Å². The zero-order chi connectivity index (χ0) is 13.1. The second-order valence-electron chi connectivity index (χ2n) is 5.35. The minimum atomic E-state index is 0.561. The van der Waals surface area contributed by atoms with Gasteiger partial charge in [-0.3, -0.25) is 4.90 Å². The van der Waals surface area contributed by atoms with Gasteiger partial charge in [0, 0.05) is 43.6 Å². The van der Waals surface area contributed by atoms with Gasteiger partial charge in [0.15, 0.2) is 0 Å². The normalized spacial score (nSPS) is 22.1. The summed E-state index contributed by atoms with van der Waals surface area (Å²) in [4.78, 5) is 4.81. The quantitative estimate of drug-likeness (QED) is 0.790. The lowest BCUT2D eigenvalue weighted by atomic mass is 10.1. The lowest BCUT2D eigenvalue weighted by molar-refractivity contribution is 0.122. The van der Waals surface area contributed by atoms with Crippen molar-refractivity contribution < 1.29 is 0 Å². The van der Waals surface area contributed by atoms with Crippen molar-refractivity contribution in [3.05, 3.63) is 23.8 Å². The number of rotatable bonds is 3. The lowest BCUT2D eigenvalue weighted by Crippen LogP contribution is -2.52. The maximum absolute atomic E-state index is 5.92. The fraction of sp³-hybridized carbons (Fsp3) is 0.571. The number of benzene rings is 1. The second kappa shape index (κ2) is 5.59. The van der Waals surface area contributed by atoms with Crippen molar-refractivity contribution in [2.45, 2.75) is 13.0 Å². The van der Waals surface area contributed by atoms with Crippen molar-refractivity contribution >= 4 is 11.4 Å². The van der Waals surface area contributed by atoms with E-state index in [2.05, 4.69) is 41.3 Å². The van der Waals surface area contributed by atoms with Crippen LogP contribution in [0.15, 0.2) is 18.2 Å². The molecule has 0 saturated carbocycles. The average molecular weight is 248 g/mol. The molecule has 0 bridgehead atoms. The van der Waals surface area contributed by atoms with Gasteiger partial charge in [0.1, 0.15) is 0 Å². The van der Waals surface area contributed by atoms with E-state index in [1.54, 1.807) is 0 Å². The first-order valence-corrected chi connectivity index (χ1v) is 6.55. The van der Waals surface area contributed by atoms with Crippen LogP contribution in [0.2, 0.25) is 0 Å². The van der Waals surface area contributed by atoms with Crippen LogP contribution in [0.3, 0.4) is 0 Å². The number of nitrogens with two attached hydrogens (primary N) is 1. The Hall–Kier alpha value is -1.26. The summed E-state index contributed by atoms with van der Waals surface area (Å²) in [5, 5.41) is 3.49. The SMILES string of the molecule is Cc1ccc(NCC2CN(C)CCN2C)cc1N. The van der Waals surface area contributed by atoms with Crippen LogP contribution in [-0.4, -0.2) is 56.1 Å². The lowest BCUT2D eigenvalue weighted by Gasteiger charge is -2.37. The summed E-state index contributed by atoms with van der Waals surface area (Å²) in [6.07, 6.45) is 0. The highest BCUT2D eigenvalue weighted by Crippen LogP contribution is 2.17. The summed E-state index contributed by atoms with van der Waals surface area (Å²) in [6, 6.07) is 6.74. The Labute approximate surface area is 110 Å². The number of anilines is 2. The van der Waals surface area contributed by atoms with E-state index in [0.29, 0.717) is 6.04 Å². The molecular formula is C14H24N4. The first kappa shape index (κ1) is 13.2. The Bertz CT molecular complexity index is 405. The summed E-state index contributed by atoms with van der Waals surface area (Å²) in [5.41, 5.74) is 9.02. The molecule has 1 aromatic carbocycles. The van der Waals surface area contributed by atoms with E-state index in [1.807, 2.05) is 13.0 Å². The van der Waals surface area contributed by atoms with Gasteiger partial charge >= 0.3 is 0 Å². The number of likely N-dealkylation sites (N-methyl/N-ethyl adjacent to an activating group) is 2. The van der Waals surface area contributed by atoms with E-state index in [-0.39, 0.29) is 0 Å². The molecule has 1 unspecified atom stereocenters. The fourth-order valence-corrected chi connectivity index (χ4v) is 2.31. The smallest absolute Gasteiger partial charge is 0.0393 e. The third kappa shape index (κ3) is 3.15. The summed E-state index contributed by atoms with van der Waals surface area (Å²) in [6.45, 7) is 6.40. The van der Waals surface area contributed by atoms with Gasteiger partial charge in [-0.25, -0.2) is 0 Å². The Morgan fingerprint density at radius 3 is 2.83 bits per heavy atom. The van der Waals surface area contributed by atoms with Crippen LogP contribution in [0.25, 0.3) is 0 Å². The largest absolute Gasteiger partial charge is 0.398 e. The summed E-state index contributed by atoms with van der Waals surface area (Å²) in [7, 11) is 4.38. The van der Waals surface area contributed by atoms with Gasteiger partial charge in [0.05, 0.1) is 0 Å². The van der Waals surface area contributed by atoms with Crippen LogP contribution >= 0.6 is 0 Å². The highest BCUT2D eigenvalue weighted by Gasteiger charge is 2.21. The highest BCUT2D eigenvalue weighted by molar-refractivity contribution is 5.58. The van der Waals surface area contributed by atoms with Crippen LogP contribution in [0.1, 0.15) is 5.56 Å². The van der Waals surface area contributed by atoms with Gasteiger partial charge < -0.3 is 16.0 Å². The third-order valence-electron chi connectivity index (χ3n) is 3.80. The number of piperazine rings is 1. The van der Waals surface area contributed by atoms with Gasteiger partial charge in [-0.2, -0.15) is 0 Å². The molecule has 4 heteroatoms. The number of aryl methyl sites for hydroxylation is 1. The molecule has 4 nitrogen and oxygen atoms in total. The molecule has 0 aliphatic carbocycles. The van der Waals surface area contributed by atoms with Crippen molar-refractivity contribution in [1.82, 2.24) is 9.80 Å². The van der Waals surface area contributed by atoms with Crippen LogP contribution in [0.4, 0.5) is 11.4 Å². The molecule has 0 aromatic heterocycles. The molecule has 0 spiro atoms.